The van der Waals surface area contributed by atoms with Crippen molar-refractivity contribution in [2.45, 2.75) is 57.4 Å². The van der Waals surface area contributed by atoms with Gasteiger partial charge in [-0.1, -0.05) is 12.1 Å². The molecule has 158 valence electrons. The maximum atomic E-state index is 12.5. The van der Waals surface area contributed by atoms with Crippen LogP contribution in [0.15, 0.2) is 17.6 Å². The zero-order chi connectivity index (χ0) is 20.4. The molecule has 1 aromatic carbocycles. The number of urea groups is 1. The molecule has 3 N–H and O–H groups in total. The van der Waals surface area contributed by atoms with Gasteiger partial charge >= 0.3 is 6.03 Å². The number of nitrogens with one attached hydrogen (secondary N) is 2. The number of sulfonamides is 1. The second-order valence-corrected chi connectivity index (χ2v) is 9.70. The molecule has 1 atom stereocenters. The highest BCUT2D eigenvalue weighted by Crippen LogP contribution is 2.38. The van der Waals surface area contributed by atoms with Gasteiger partial charge in [-0.25, -0.2) is 17.9 Å². The minimum Gasteiger partial charge on any atom is -0.395 e. The summed E-state index contributed by atoms with van der Waals surface area (Å²) >= 11 is 0. The van der Waals surface area contributed by atoms with Crippen molar-refractivity contribution in [1.82, 2.24) is 9.62 Å². The molecule has 0 unspecified atom stereocenters. The van der Waals surface area contributed by atoms with Gasteiger partial charge < -0.3 is 10.4 Å². The van der Waals surface area contributed by atoms with Crippen LogP contribution in [-0.2, 0) is 35.7 Å². The van der Waals surface area contributed by atoms with E-state index in [4.69, 9.17) is 5.11 Å². The van der Waals surface area contributed by atoms with Gasteiger partial charge in [-0.2, -0.15) is 0 Å². The van der Waals surface area contributed by atoms with Gasteiger partial charge in [-0.15, -0.1) is 0 Å². The van der Waals surface area contributed by atoms with E-state index >= 15 is 0 Å². The molecule has 1 aromatic rings. The molecule has 29 heavy (non-hydrogen) atoms. The highest BCUT2D eigenvalue weighted by Gasteiger charge is 2.26. The summed E-state index contributed by atoms with van der Waals surface area (Å²) in [7, 11) is -3.89. The molecule has 1 fully saturated rings. The van der Waals surface area contributed by atoms with Crippen LogP contribution in [0.5, 0.6) is 0 Å². The maximum Gasteiger partial charge on any atom is 0.333 e. The van der Waals surface area contributed by atoms with Gasteiger partial charge in [0.1, 0.15) is 0 Å². The van der Waals surface area contributed by atoms with Crippen molar-refractivity contribution >= 4 is 21.7 Å². The predicted molar refractivity (Wildman–Crippen MR) is 112 cm³/mol. The lowest BCUT2D eigenvalue weighted by Crippen LogP contribution is -2.34. The fourth-order valence-corrected chi connectivity index (χ4v) is 5.71. The number of carbonyl (C=O) groups is 1. The van der Waals surface area contributed by atoms with Crippen LogP contribution in [0.2, 0.25) is 0 Å². The Hall–Kier alpha value is -1.90. The number of β-amino-alcohol motifs (C(OH)–C–C–N with tert-alkyl or cyclic N) is 1. The lowest BCUT2D eigenvalue weighted by molar-refractivity contribution is 0.202. The number of amides is 2. The summed E-state index contributed by atoms with van der Waals surface area (Å²) in [5.74, 6) is 0. The number of hydrogen-bond donors (Lipinski definition) is 3. The van der Waals surface area contributed by atoms with Crippen LogP contribution < -0.4 is 10.0 Å². The molecular formula is C21H29N3O4S. The molecule has 0 bridgehead atoms. The Kier molecular flexibility index (Phi) is 5.94. The fourth-order valence-electron chi connectivity index (χ4n) is 4.94. The Balaban J connectivity index is 1.44. The number of hydrogen-bond acceptors (Lipinski definition) is 5. The van der Waals surface area contributed by atoms with E-state index in [2.05, 4.69) is 16.1 Å². The number of nitrogens with zero attached hydrogens (tertiary/aromatic N) is 1. The fraction of sp³-hybridized carbons (Fsp3) is 0.571. The number of aliphatic hydroxyl groups is 1. The van der Waals surface area contributed by atoms with Crippen LogP contribution in [0.3, 0.4) is 0 Å². The zero-order valence-electron chi connectivity index (χ0n) is 16.6. The molecule has 4 rings (SSSR count). The molecule has 8 heteroatoms. The molecule has 0 aromatic heterocycles. The Labute approximate surface area is 172 Å². The van der Waals surface area contributed by atoms with Gasteiger partial charge in [0.25, 0.3) is 10.0 Å². The number of anilines is 1. The summed E-state index contributed by atoms with van der Waals surface area (Å²) in [6.07, 6.45) is 9.45. The first-order valence-corrected chi connectivity index (χ1v) is 12.0. The zero-order valence-corrected chi connectivity index (χ0v) is 17.4. The Morgan fingerprint density at radius 1 is 1.14 bits per heavy atom. The van der Waals surface area contributed by atoms with E-state index in [0.29, 0.717) is 6.54 Å². The normalized spacial score (nSPS) is 21.5. The third-order valence-electron chi connectivity index (χ3n) is 6.23. The number of aryl methyl sites for hydroxylation is 2. The van der Waals surface area contributed by atoms with Gasteiger partial charge in [0.05, 0.1) is 6.61 Å². The van der Waals surface area contributed by atoms with E-state index in [1.165, 1.54) is 22.3 Å². The summed E-state index contributed by atoms with van der Waals surface area (Å²) in [6.45, 7) is 1.41. The van der Waals surface area contributed by atoms with Crippen LogP contribution in [0.25, 0.3) is 0 Å². The Bertz CT molecular complexity index is 894. The van der Waals surface area contributed by atoms with Crippen LogP contribution >= 0.6 is 0 Å². The van der Waals surface area contributed by atoms with Gasteiger partial charge in [0.2, 0.25) is 0 Å². The maximum absolute atomic E-state index is 12.5. The minimum atomic E-state index is -3.89. The first kappa shape index (κ1) is 20.4. The first-order valence-electron chi connectivity index (χ1n) is 10.5. The van der Waals surface area contributed by atoms with Crippen molar-refractivity contribution in [1.29, 1.82) is 0 Å². The summed E-state index contributed by atoms with van der Waals surface area (Å²) in [5, 5.41) is 13.0. The van der Waals surface area contributed by atoms with E-state index < -0.39 is 16.1 Å². The highest BCUT2D eigenvalue weighted by atomic mass is 32.2. The Morgan fingerprint density at radius 3 is 2.48 bits per heavy atom. The van der Waals surface area contributed by atoms with Gasteiger partial charge in [-0.3, -0.25) is 4.90 Å². The van der Waals surface area contributed by atoms with Crippen molar-refractivity contribution in [3.63, 3.8) is 0 Å². The van der Waals surface area contributed by atoms with Gasteiger partial charge in [-0.05, 0) is 80.2 Å². The summed E-state index contributed by atoms with van der Waals surface area (Å²) in [6, 6.07) is 1.54. The average molecular weight is 420 g/mol. The summed E-state index contributed by atoms with van der Waals surface area (Å²) in [4.78, 5) is 14.6. The summed E-state index contributed by atoms with van der Waals surface area (Å²) < 4.78 is 26.9. The second kappa shape index (κ2) is 8.45. The number of likely N-dealkylation sites (tertiary alicyclic amines) is 1. The van der Waals surface area contributed by atoms with Crippen molar-refractivity contribution in [2.75, 3.05) is 25.0 Å². The highest BCUT2D eigenvalue weighted by molar-refractivity contribution is 7.92. The minimum absolute atomic E-state index is 0.0255. The van der Waals surface area contributed by atoms with Gasteiger partial charge in [0.15, 0.2) is 0 Å². The lowest BCUT2D eigenvalue weighted by Gasteiger charge is -2.20. The molecule has 7 nitrogen and oxygen atoms in total. The molecule has 0 saturated carbocycles. The number of aliphatic hydroxyl groups excluding tert-OH is 1. The largest absolute Gasteiger partial charge is 0.395 e. The van der Waals surface area contributed by atoms with Crippen molar-refractivity contribution < 1.29 is 18.3 Å². The molecule has 3 aliphatic rings. The first-order chi connectivity index (χ1) is 14.0. The summed E-state index contributed by atoms with van der Waals surface area (Å²) in [5.41, 5.74) is 5.73. The van der Waals surface area contributed by atoms with E-state index in [0.717, 1.165) is 69.0 Å². The molecule has 0 radical (unpaired) electrons. The molecular weight excluding hydrogens is 390 g/mol. The SMILES string of the molecule is O=C(Nc1c2c(cc3c1CCC3)CCC2)NS(=O)(=O)/C=C/[C@@H]1CCCN1CCO. The Morgan fingerprint density at radius 2 is 1.83 bits per heavy atom. The van der Waals surface area contributed by atoms with Crippen LogP contribution in [0.1, 0.15) is 47.9 Å². The van der Waals surface area contributed by atoms with Crippen LogP contribution in [0, 0.1) is 0 Å². The molecule has 0 spiro atoms. The van der Waals surface area contributed by atoms with Crippen molar-refractivity contribution in [3.05, 3.63) is 39.8 Å². The molecule has 1 saturated heterocycles. The quantitative estimate of drug-likeness (QED) is 0.656. The monoisotopic (exact) mass is 419 g/mol. The van der Waals surface area contributed by atoms with E-state index in [9.17, 15) is 13.2 Å². The third-order valence-corrected chi connectivity index (χ3v) is 7.21. The molecule has 2 aliphatic carbocycles. The number of fused-ring (bicyclic) bond motifs is 2. The molecule has 2 amide bonds. The van der Waals surface area contributed by atoms with Crippen LogP contribution in [0.4, 0.5) is 10.5 Å². The third kappa shape index (κ3) is 4.49. The number of rotatable bonds is 6. The lowest BCUT2D eigenvalue weighted by atomic mass is 9.99. The average Bonchev–Trinajstić information content (AvgIpc) is 3.40. The van der Waals surface area contributed by atoms with E-state index in [1.54, 1.807) is 6.08 Å². The van der Waals surface area contributed by atoms with Crippen molar-refractivity contribution in [2.24, 2.45) is 0 Å². The molecule has 1 heterocycles. The standard InChI is InChI=1S/C21H29N3O4S/c25-12-11-24-10-3-6-17(24)9-13-29(27,28)23-21(26)22-20-18-7-1-4-15(18)14-16-5-2-8-19(16)20/h9,13-14,17,25H,1-8,10-12H2,(H2,22,23,26)/b13-9+/t17-/m0/s1. The van der Waals surface area contributed by atoms with E-state index in [1.807, 2.05) is 4.90 Å². The number of benzene rings is 1. The van der Waals surface area contributed by atoms with Crippen molar-refractivity contribution in [3.8, 4) is 0 Å². The van der Waals surface area contributed by atoms with Gasteiger partial charge in [0, 0.05) is 23.7 Å². The van der Waals surface area contributed by atoms with Crippen LogP contribution in [-0.4, -0.2) is 50.2 Å². The smallest absolute Gasteiger partial charge is 0.333 e. The topological polar surface area (TPSA) is 98.7 Å². The second-order valence-electron chi connectivity index (χ2n) is 8.13. The van der Waals surface area contributed by atoms with E-state index in [-0.39, 0.29) is 12.6 Å². The molecule has 1 aliphatic heterocycles. The number of carbonyl (C=O) groups excluding carboxylic acids is 1. The predicted octanol–water partition coefficient (Wildman–Crippen LogP) is 2.09.